The summed E-state index contributed by atoms with van der Waals surface area (Å²) in [6.07, 6.45) is 4.40. The van der Waals surface area contributed by atoms with Gasteiger partial charge in [-0.25, -0.2) is 4.39 Å². The van der Waals surface area contributed by atoms with Crippen molar-refractivity contribution in [1.29, 1.82) is 0 Å². The maximum Gasteiger partial charge on any atom is 0.276 e. The molecule has 0 saturated carbocycles. The number of carbonyl (C=O) groups is 1. The third-order valence-electron chi connectivity index (χ3n) is 5.74. The Balaban J connectivity index is 1.31. The zero-order valence-electron chi connectivity index (χ0n) is 17.4. The lowest BCUT2D eigenvalue weighted by molar-refractivity contribution is 0.0600. The second-order valence-corrected chi connectivity index (χ2v) is 7.86. The topological polar surface area (TPSA) is 68.5 Å². The number of pyridine rings is 1. The molecule has 1 saturated heterocycles. The van der Waals surface area contributed by atoms with Crippen LogP contribution in [0.4, 0.5) is 4.39 Å². The van der Waals surface area contributed by atoms with Crippen LogP contribution in [-0.4, -0.2) is 27.5 Å². The van der Waals surface area contributed by atoms with Crippen LogP contribution in [0.1, 0.15) is 47.1 Å². The molecule has 3 heterocycles. The summed E-state index contributed by atoms with van der Waals surface area (Å²) in [5.41, 5.74) is 1.79. The third-order valence-corrected chi connectivity index (χ3v) is 5.74. The van der Waals surface area contributed by atoms with Crippen molar-refractivity contribution in [2.45, 2.75) is 31.9 Å². The number of aromatic nitrogens is 2. The second kappa shape index (κ2) is 8.78. The zero-order valence-corrected chi connectivity index (χ0v) is 17.4. The maximum absolute atomic E-state index is 13.7. The van der Waals surface area contributed by atoms with E-state index < -0.39 is 0 Å². The summed E-state index contributed by atoms with van der Waals surface area (Å²) in [5.74, 6) is 0.556. The fourth-order valence-corrected chi connectivity index (χ4v) is 4.21. The fourth-order valence-electron chi connectivity index (χ4n) is 4.21. The Bertz CT molecular complexity index is 1250. The van der Waals surface area contributed by atoms with E-state index >= 15 is 0 Å². The molecule has 0 unspecified atom stereocenters. The van der Waals surface area contributed by atoms with Gasteiger partial charge in [-0.2, -0.15) is 0 Å². The molecule has 162 valence electrons. The molecule has 1 amide bonds. The van der Waals surface area contributed by atoms with E-state index in [2.05, 4.69) is 10.1 Å². The van der Waals surface area contributed by atoms with Gasteiger partial charge in [0.05, 0.1) is 6.04 Å². The smallest absolute Gasteiger partial charge is 0.276 e. The number of benzene rings is 2. The zero-order chi connectivity index (χ0) is 21.9. The van der Waals surface area contributed by atoms with Crippen molar-refractivity contribution < 1.29 is 18.4 Å². The van der Waals surface area contributed by atoms with Gasteiger partial charge in [-0.05, 0) is 49.1 Å². The molecule has 4 aromatic rings. The second-order valence-electron chi connectivity index (χ2n) is 7.86. The van der Waals surface area contributed by atoms with E-state index in [0.29, 0.717) is 18.1 Å². The van der Waals surface area contributed by atoms with Crippen molar-refractivity contribution >= 4 is 16.8 Å². The van der Waals surface area contributed by atoms with E-state index in [1.807, 2.05) is 36.4 Å². The predicted molar refractivity (Wildman–Crippen MR) is 117 cm³/mol. The number of rotatable bonds is 5. The van der Waals surface area contributed by atoms with Crippen LogP contribution in [0.5, 0.6) is 5.75 Å². The molecular weight excluding hydrogens is 409 g/mol. The first-order valence-corrected chi connectivity index (χ1v) is 10.7. The van der Waals surface area contributed by atoms with Gasteiger partial charge in [-0.1, -0.05) is 35.5 Å². The van der Waals surface area contributed by atoms with Crippen LogP contribution < -0.4 is 4.74 Å². The van der Waals surface area contributed by atoms with Gasteiger partial charge in [0.2, 0.25) is 0 Å². The minimum absolute atomic E-state index is 0.128. The van der Waals surface area contributed by atoms with Crippen molar-refractivity contribution in [3.63, 3.8) is 0 Å². The predicted octanol–water partition coefficient (Wildman–Crippen LogP) is 5.31. The van der Waals surface area contributed by atoms with Crippen LogP contribution in [0.25, 0.3) is 10.9 Å². The molecule has 7 heteroatoms. The van der Waals surface area contributed by atoms with Crippen molar-refractivity contribution in [2.75, 3.05) is 6.54 Å². The largest absolute Gasteiger partial charge is 0.483 e. The van der Waals surface area contributed by atoms with Gasteiger partial charge in [0.25, 0.3) is 5.91 Å². The van der Waals surface area contributed by atoms with Crippen LogP contribution in [0.3, 0.4) is 0 Å². The number of hydrogen-bond acceptors (Lipinski definition) is 5. The number of piperidine rings is 1. The van der Waals surface area contributed by atoms with E-state index in [4.69, 9.17) is 9.26 Å². The highest BCUT2D eigenvalue weighted by molar-refractivity contribution is 5.92. The first kappa shape index (κ1) is 20.2. The average molecular weight is 431 g/mol. The number of halogens is 1. The van der Waals surface area contributed by atoms with Crippen LogP contribution in [0.15, 0.2) is 71.4 Å². The molecule has 0 radical (unpaired) electrons. The normalized spacial score (nSPS) is 16.3. The Morgan fingerprint density at radius 3 is 2.91 bits per heavy atom. The molecule has 32 heavy (non-hydrogen) atoms. The van der Waals surface area contributed by atoms with Crippen molar-refractivity contribution in [3.8, 4) is 5.75 Å². The average Bonchev–Trinajstić information content (AvgIpc) is 3.31. The maximum atomic E-state index is 13.7. The quantitative estimate of drug-likeness (QED) is 0.428. The van der Waals surface area contributed by atoms with Gasteiger partial charge in [0.1, 0.15) is 23.7 Å². The summed E-state index contributed by atoms with van der Waals surface area (Å²) in [6, 6.07) is 17.4. The van der Waals surface area contributed by atoms with Gasteiger partial charge >= 0.3 is 0 Å². The number of nitrogens with zero attached hydrogens (tertiary/aromatic N) is 3. The molecule has 2 aromatic carbocycles. The van der Waals surface area contributed by atoms with E-state index in [9.17, 15) is 9.18 Å². The highest BCUT2D eigenvalue weighted by Gasteiger charge is 2.30. The highest BCUT2D eigenvalue weighted by Crippen LogP contribution is 2.32. The van der Waals surface area contributed by atoms with Gasteiger partial charge < -0.3 is 14.2 Å². The first-order valence-electron chi connectivity index (χ1n) is 10.7. The molecule has 1 aliphatic rings. The van der Waals surface area contributed by atoms with Crippen LogP contribution in [0.2, 0.25) is 0 Å². The molecule has 1 aliphatic heterocycles. The van der Waals surface area contributed by atoms with Crippen molar-refractivity contribution in [2.24, 2.45) is 0 Å². The Labute approximate surface area is 184 Å². The molecule has 0 aliphatic carbocycles. The lowest BCUT2D eigenvalue weighted by Crippen LogP contribution is -2.38. The van der Waals surface area contributed by atoms with Crippen molar-refractivity contribution in [3.05, 3.63) is 89.7 Å². The van der Waals surface area contributed by atoms with Gasteiger partial charge in [0, 0.05) is 24.2 Å². The Morgan fingerprint density at radius 1 is 1.12 bits per heavy atom. The van der Waals surface area contributed by atoms with Gasteiger partial charge in [-0.3, -0.25) is 9.78 Å². The summed E-state index contributed by atoms with van der Waals surface area (Å²) in [5, 5.41) is 4.95. The van der Waals surface area contributed by atoms with E-state index in [0.717, 1.165) is 35.7 Å². The van der Waals surface area contributed by atoms with Crippen LogP contribution >= 0.6 is 0 Å². The molecule has 0 N–H and O–H groups in total. The fraction of sp³-hybridized carbons (Fsp3) is 0.240. The summed E-state index contributed by atoms with van der Waals surface area (Å²) in [7, 11) is 0. The molecule has 2 aromatic heterocycles. The number of para-hydroxylation sites is 1. The summed E-state index contributed by atoms with van der Waals surface area (Å²) in [4.78, 5) is 19.3. The van der Waals surface area contributed by atoms with Crippen molar-refractivity contribution in [1.82, 2.24) is 15.0 Å². The number of likely N-dealkylation sites (tertiary alicyclic amines) is 1. The standard InChI is InChI=1S/C25H22FN3O3/c26-19-9-3-7-18(14-19)22-10-1-2-13-29(22)25(30)21-15-20(32-28-21)16-31-23-11-4-6-17-8-5-12-27-24(17)23/h3-9,11-12,14-15,22H,1-2,10,13,16H2/t22-/m1/s1. The number of amides is 1. The molecular formula is C25H22FN3O3. The first-order chi connectivity index (χ1) is 15.7. The van der Waals surface area contributed by atoms with E-state index in [-0.39, 0.29) is 30.1 Å². The van der Waals surface area contributed by atoms with Gasteiger partial charge in [-0.15, -0.1) is 0 Å². The molecule has 6 nitrogen and oxygen atoms in total. The van der Waals surface area contributed by atoms with Crippen LogP contribution in [0, 0.1) is 5.82 Å². The number of ether oxygens (including phenoxy) is 1. The summed E-state index contributed by atoms with van der Waals surface area (Å²) in [6.45, 7) is 0.726. The van der Waals surface area contributed by atoms with Crippen LogP contribution in [-0.2, 0) is 6.61 Å². The molecule has 1 atom stereocenters. The Morgan fingerprint density at radius 2 is 2.00 bits per heavy atom. The SMILES string of the molecule is O=C(c1cc(COc2cccc3cccnc23)on1)N1CCCC[C@@H]1c1cccc(F)c1. The Hall–Kier alpha value is -3.74. The minimum atomic E-state index is -0.302. The summed E-state index contributed by atoms with van der Waals surface area (Å²) < 4.78 is 25.0. The molecule has 5 rings (SSSR count). The lowest BCUT2D eigenvalue weighted by atomic mass is 9.95. The van der Waals surface area contributed by atoms with Gasteiger partial charge in [0.15, 0.2) is 11.5 Å². The Kier molecular flexibility index (Phi) is 5.54. The lowest BCUT2D eigenvalue weighted by Gasteiger charge is -2.35. The molecule has 0 spiro atoms. The summed E-state index contributed by atoms with van der Waals surface area (Å²) >= 11 is 0. The van der Waals surface area contributed by atoms with E-state index in [1.54, 1.807) is 23.2 Å². The van der Waals surface area contributed by atoms with E-state index in [1.165, 1.54) is 12.1 Å². The third kappa shape index (κ3) is 4.06. The number of hydrogen-bond donors (Lipinski definition) is 0. The molecule has 1 fully saturated rings. The minimum Gasteiger partial charge on any atom is -0.483 e. The number of fused-ring (bicyclic) bond motifs is 1. The highest BCUT2D eigenvalue weighted by atomic mass is 19.1. The molecule has 0 bridgehead atoms. The number of carbonyl (C=O) groups excluding carboxylic acids is 1. The monoisotopic (exact) mass is 431 g/mol.